The van der Waals surface area contributed by atoms with Crippen molar-refractivity contribution in [3.8, 4) is 22.9 Å². The highest BCUT2D eigenvalue weighted by atomic mass is 35.5. The number of nitrogens with zero attached hydrogens (tertiary/aromatic N) is 8. The lowest BCUT2D eigenvalue weighted by Gasteiger charge is -2.36. The zero-order valence-corrected chi connectivity index (χ0v) is 30.7. The highest BCUT2D eigenvalue weighted by Gasteiger charge is 2.30. The van der Waals surface area contributed by atoms with Crippen LogP contribution in [-0.2, 0) is 9.47 Å². The van der Waals surface area contributed by atoms with Crippen molar-refractivity contribution >= 4 is 35.4 Å². The van der Waals surface area contributed by atoms with Gasteiger partial charge in [0.05, 0.1) is 36.4 Å². The van der Waals surface area contributed by atoms with Crippen molar-refractivity contribution in [1.29, 1.82) is 0 Å². The second-order valence-electron chi connectivity index (χ2n) is 11.9. The van der Waals surface area contributed by atoms with Crippen LogP contribution in [0.15, 0.2) is 45.2 Å². The molecule has 6 rings (SSSR count). The molecule has 2 fully saturated rings. The zero-order valence-electron chi connectivity index (χ0n) is 29.2. The molecule has 2 amide bonds. The van der Waals surface area contributed by atoms with Gasteiger partial charge < -0.3 is 28.1 Å². The lowest BCUT2D eigenvalue weighted by Crippen LogP contribution is -2.49. The molecule has 0 aliphatic carbocycles. The molecule has 0 N–H and O–H groups in total. The van der Waals surface area contributed by atoms with E-state index in [1.165, 1.54) is 36.4 Å². The monoisotopic (exact) mass is 764 g/mol. The van der Waals surface area contributed by atoms with Crippen LogP contribution in [-0.4, -0.2) is 118 Å². The molecule has 4 heterocycles. The maximum absolute atomic E-state index is 14.0. The van der Waals surface area contributed by atoms with Crippen LogP contribution in [0, 0.1) is 11.6 Å². The molecule has 0 radical (unpaired) electrons. The minimum absolute atomic E-state index is 0.0945. The third-order valence-electron chi connectivity index (χ3n) is 8.69. The Bertz CT molecular complexity index is 1680. The van der Waals surface area contributed by atoms with Gasteiger partial charge >= 0.3 is 12.2 Å². The van der Waals surface area contributed by atoms with E-state index in [0.717, 1.165) is 0 Å². The largest absolute Gasteiger partial charge is 0.450 e. The van der Waals surface area contributed by atoms with Crippen LogP contribution in [0.25, 0.3) is 22.9 Å². The van der Waals surface area contributed by atoms with Gasteiger partial charge in [-0.1, -0.05) is 23.2 Å². The van der Waals surface area contributed by atoms with E-state index in [9.17, 15) is 18.4 Å². The number of halogens is 4. The number of rotatable bonds is 8. The normalized spacial score (nSPS) is 16.5. The van der Waals surface area contributed by atoms with Gasteiger partial charge in [0.15, 0.2) is 0 Å². The van der Waals surface area contributed by atoms with Crippen molar-refractivity contribution in [3.05, 3.63) is 69.9 Å². The van der Waals surface area contributed by atoms with Crippen LogP contribution in [0.2, 0.25) is 10.0 Å². The van der Waals surface area contributed by atoms with Gasteiger partial charge in [-0.25, -0.2) is 18.4 Å². The van der Waals surface area contributed by atoms with E-state index in [-0.39, 0.29) is 47.2 Å². The van der Waals surface area contributed by atoms with Gasteiger partial charge in [0, 0.05) is 62.4 Å². The first-order valence-electron chi connectivity index (χ1n) is 16.9. The summed E-state index contributed by atoms with van der Waals surface area (Å²) in [7, 11) is 0. The first-order chi connectivity index (χ1) is 25.0. The average molecular weight is 766 g/mol. The Kier molecular flexibility index (Phi) is 13.4. The van der Waals surface area contributed by atoms with Crippen LogP contribution in [0.3, 0.4) is 0 Å². The molecule has 52 heavy (non-hydrogen) atoms. The van der Waals surface area contributed by atoms with E-state index < -0.39 is 11.6 Å². The Labute approximate surface area is 309 Å². The molecule has 0 spiro atoms. The van der Waals surface area contributed by atoms with Gasteiger partial charge in [0.1, 0.15) is 11.6 Å². The number of benzene rings is 2. The van der Waals surface area contributed by atoms with Gasteiger partial charge in [-0.3, -0.25) is 9.80 Å². The van der Waals surface area contributed by atoms with E-state index in [2.05, 4.69) is 30.2 Å². The molecule has 2 aromatic heterocycles. The lowest BCUT2D eigenvalue weighted by molar-refractivity contribution is 0.0638. The van der Waals surface area contributed by atoms with Gasteiger partial charge in [0.2, 0.25) is 11.8 Å². The summed E-state index contributed by atoms with van der Waals surface area (Å²) in [5.41, 5.74) is 0.353. The summed E-state index contributed by atoms with van der Waals surface area (Å²) in [6.07, 6.45) is -0.590. The minimum Gasteiger partial charge on any atom is -0.450 e. The van der Waals surface area contributed by atoms with Crippen molar-refractivity contribution in [3.63, 3.8) is 0 Å². The molecule has 2 atom stereocenters. The standard InChI is InChI=1S/2C17H20ClFN4O3/c2*1-3-25-17(24)23-8-6-22(7-9-23)11(2)15-20-21-16(26-15)13-10-12(18)4-5-14(13)19/h2*4-5,10-11H,3,6-9H2,1-2H3. The van der Waals surface area contributed by atoms with Crippen LogP contribution < -0.4 is 0 Å². The number of hydrogen-bond acceptors (Lipinski definition) is 12. The molecule has 14 nitrogen and oxygen atoms in total. The maximum Gasteiger partial charge on any atom is 0.409 e. The van der Waals surface area contributed by atoms with E-state index in [1.807, 2.05) is 13.8 Å². The summed E-state index contributed by atoms with van der Waals surface area (Å²) < 4.78 is 49.3. The van der Waals surface area contributed by atoms with Crippen LogP contribution in [0.4, 0.5) is 18.4 Å². The fourth-order valence-corrected chi connectivity index (χ4v) is 6.02. The van der Waals surface area contributed by atoms with Crippen molar-refractivity contribution < 1.29 is 36.7 Å². The fraction of sp³-hybridized carbons (Fsp3) is 0.471. The Hall–Kier alpha value is -4.38. The summed E-state index contributed by atoms with van der Waals surface area (Å²) in [6, 6.07) is 8.06. The topological polar surface area (TPSA) is 143 Å². The number of hydrogen-bond donors (Lipinski definition) is 0. The fourth-order valence-electron chi connectivity index (χ4n) is 5.67. The number of piperazine rings is 2. The number of carbonyl (C=O) groups excluding carboxylic acids is 2. The van der Waals surface area contributed by atoms with Gasteiger partial charge in [0.25, 0.3) is 11.8 Å². The molecule has 2 aliphatic heterocycles. The second-order valence-corrected chi connectivity index (χ2v) is 12.8. The first-order valence-corrected chi connectivity index (χ1v) is 17.6. The molecular formula is C34H40Cl2F2N8O6. The zero-order chi connectivity index (χ0) is 37.4. The molecule has 4 aromatic rings. The maximum atomic E-state index is 14.0. The first kappa shape index (κ1) is 38.8. The molecule has 2 aromatic carbocycles. The van der Waals surface area contributed by atoms with Crippen LogP contribution in [0.5, 0.6) is 0 Å². The summed E-state index contributed by atoms with van der Waals surface area (Å²) in [4.78, 5) is 31.1. The quantitative estimate of drug-likeness (QED) is 0.188. The Morgan fingerprint density at radius 3 is 1.38 bits per heavy atom. The molecule has 2 unspecified atom stereocenters. The predicted octanol–water partition coefficient (Wildman–Crippen LogP) is 6.73. The molecule has 280 valence electrons. The SMILES string of the molecule is CCOC(=O)N1CCN(C(C)c2nnc(-c3cc(Cl)ccc3F)o2)CC1.CCOC(=O)N1CCN(C(C)c2nnc(-c3cc(Cl)ccc3F)o2)CC1. The summed E-state index contributed by atoms with van der Waals surface area (Å²) in [6.45, 7) is 13.0. The van der Waals surface area contributed by atoms with Gasteiger partial charge in [-0.15, -0.1) is 20.4 Å². The molecular weight excluding hydrogens is 725 g/mol. The van der Waals surface area contributed by atoms with Crippen molar-refractivity contribution in [2.75, 3.05) is 65.6 Å². The van der Waals surface area contributed by atoms with E-state index in [0.29, 0.717) is 87.4 Å². The van der Waals surface area contributed by atoms with Crippen LogP contribution in [0.1, 0.15) is 51.6 Å². The van der Waals surface area contributed by atoms with E-state index in [4.69, 9.17) is 41.5 Å². The van der Waals surface area contributed by atoms with E-state index >= 15 is 0 Å². The number of amides is 2. The minimum atomic E-state index is -0.472. The third kappa shape index (κ3) is 9.53. The van der Waals surface area contributed by atoms with Gasteiger partial charge in [-0.2, -0.15) is 0 Å². The average Bonchev–Trinajstić information content (AvgIpc) is 3.85. The Morgan fingerprint density at radius 1 is 0.673 bits per heavy atom. The molecule has 0 bridgehead atoms. The smallest absolute Gasteiger partial charge is 0.409 e. The molecule has 18 heteroatoms. The van der Waals surface area contributed by atoms with E-state index in [1.54, 1.807) is 23.6 Å². The highest BCUT2D eigenvalue weighted by molar-refractivity contribution is 6.31. The van der Waals surface area contributed by atoms with Gasteiger partial charge in [-0.05, 0) is 64.1 Å². The Morgan fingerprint density at radius 2 is 1.04 bits per heavy atom. The molecule has 2 aliphatic rings. The second kappa shape index (κ2) is 17.9. The van der Waals surface area contributed by atoms with Crippen LogP contribution >= 0.6 is 23.2 Å². The highest BCUT2D eigenvalue weighted by Crippen LogP contribution is 2.30. The Balaban J connectivity index is 0.000000201. The lowest BCUT2D eigenvalue weighted by atomic mass is 10.2. The summed E-state index contributed by atoms with van der Waals surface area (Å²) >= 11 is 11.8. The number of aromatic nitrogens is 4. The predicted molar refractivity (Wildman–Crippen MR) is 187 cm³/mol. The van der Waals surface area contributed by atoms with Crippen molar-refractivity contribution in [1.82, 2.24) is 40.0 Å². The molecule has 0 saturated carbocycles. The summed E-state index contributed by atoms with van der Waals surface area (Å²) in [5, 5.41) is 16.8. The number of carbonyl (C=O) groups is 2. The molecule has 2 saturated heterocycles. The van der Waals surface area contributed by atoms with Crippen molar-refractivity contribution in [2.45, 2.75) is 39.8 Å². The third-order valence-corrected chi connectivity index (χ3v) is 9.16. The summed E-state index contributed by atoms with van der Waals surface area (Å²) in [5.74, 6) is 0.0301. The van der Waals surface area contributed by atoms with Crippen molar-refractivity contribution in [2.24, 2.45) is 0 Å². The number of ether oxygens (including phenoxy) is 2.